The summed E-state index contributed by atoms with van der Waals surface area (Å²) in [6, 6.07) is 19.5. The molecule has 0 saturated heterocycles. The first-order valence-corrected chi connectivity index (χ1v) is 6.36. The fraction of sp³-hybridized carbons (Fsp3) is 0.0625. The van der Waals surface area contributed by atoms with Crippen LogP contribution in [0.4, 0.5) is 0 Å². The molecule has 0 unspecified atom stereocenters. The van der Waals surface area contributed by atoms with Crippen LogP contribution in [-0.4, -0.2) is 21.3 Å². The van der Waals surface area contributed by atoms with Crippen molar-refractivity contribution in [2.45, 2.75) is 6.54 Å². The van der Waals surface area contributed by atoms with Crippen molar-refractivity contribution in [1.29, 1.82) is 0 Å². The van der Waals surface area contributed by atoms with Crippen molar-refractivity contribution in [3.05, 3.63) is 71.9 Å². The van der Waals surface area contributed by atoms with Crippen LogP contribution >= 0.6 is 0 Å². The molecule has 0 radical (unpaired) electrons. The monoisotopic (exact) mass is 263 g/mol. The van der Waals surface area contributed by atoms with Crippen molar-refractivity contribution in [2.24, 2.45) is 0 Å². The molecular weight excluding hydrogens is 250 g/mol. The molecule has 3 rings (SSSR count). The Kier molecular flexibility index (Phi) is 3.37. The fourth-order valence-electron chi connectivity index (χ4n) is 2.11. The molecule has 4 heteroatoms. The number of nitrogens with zero attached hydrogens (tertiary/aromatic N) is 3. The van der Waals surface area contributed by atoms with E-state index in [4.69, 9.17) is 0 Å². The van der Waals surface area contributed by atoms with Crippen LogP contribution in [0.5, 0.6) is 0 Å². The molecule has 0 aliphatic heterocycles. The molecule has 1 heterocycles. The Balaban J connectivity index is 1.98. The molecule has 0 aliphatic carbocycles. The minimum atomic E-state index is 0.500. The lowest BCUT2D eigenvalue weighted by atomic mass is 10.1. The highest BCUT2D eigenvalue weighted by Crippen LogP contribution is 2.20. The van der Waals surface area contributed by atoms with E-state index in [1.54, 1.807) is 4.68 Å². The molecule has 0 aliphatic rings. The lowest BCUT2D eigenvalue weighted by molar-refractivity contribution is 0.111. The Labute approximate surface area is 116 Å². The van der Waals surface area contributed by atoms with Gasteiger partial charge in [-0.2, -0.15) is 0 Å². The van der Waals surface area contributed by atoms with Gasteiger partial charge >= 0.3 is 0 Å². The minimum absolute atomic E-state index is 0.500. The average molecular weight is 263 g/mol. The summed E-state index contributed by atoms with van der Waals surface area (Å²) in [6.07, 6.45) is 0.811. The van der Waals surface area contributed by atoms with Gasteiger partial charge in [-0.25, -0.2) is 4.68 Å². The van der Waals surface area contributed by atoms with Crippen LogP contribution < -0.4 is 0 Å². The zero-order chi connectivity index (χ0) is 13.8. The van der Waals surface area contributed by atoms with Crippen LogP contribution in [0.25, 0.3) is 11.3 Å². The Bertz CT molecular complexity index is 705. The number of benzene rings is 2. The Morgan fingerprint density at radius 3 is 2.25 bits per heavy atom. The molecule has 3 aromatic rings. The van der Waals surface area contributed by atoms with E-state index in [0.29, 0.717) is 17.9 Å². The summed E-state index contributed by atoms with van der Waals surface area (Å²) < 4.78 is 1.63. The average Bonchev–Trinajstić information content (AvgIpc) is 2.92. The Hall–Kier alpha value is -2.75. The van der Waals surface area contributed by atoms with Gasteiger partial charge in [-0.05, 0) is 5.56 Å². The van der Waals surface area contributed by atoms with Gasteiger partial charge in [-0.3, -0.25) is 4.79 Å². The lowest BCUT2D eigenvalue weighted by Gasteiger charge is -2.03. The van der Waals surface area contributed by atoms with Crippen LogP contribution in [0.1, 0.15) is 16.1 Å². The van der Waals surface area contributed by atoms with E-state index in [1.807, 2.05) is 60.7 Å². The molecule has 98 valence electrons. The van der Waals surface area contributed by atoms with Gasteiger partial charge < -0.3 is 0 Å². The second kappa shape index (κ2) is 5.48. The number of hydrogen-bond donors (Lipinski definition) is 0. The largest absolute Gasteiger partial charge is 0.296 e. The molecule has 0 bridgehead atoms. The quantitative estimate of drug-likeness (QED) is 0.680. The Morgan fingerprint density at radius 2 is 1.60 bits per heavy atom. The van der Waals surface area contributed by atoms with Crippen LogP contribution in [0.2, 0.25) is 0 Å². The molecule has 4 nitrogen and oxygen atoms in total. The van der Waals surface area contributed by atoms with Gasteiger partial charge in [-0.15, -0.1) is 5.10 Å². The summed E-state index contributed by atoms with van der Waals surface area (Å²) in [5, 5.41) is 8.23. The zero-order valence-electron chi connectivity index (χ0n) is 10.8. The van der Waals surface area contributed by atoms with Gasteiger partial charge in [0.1, 0.15) is 11.4 Å². The van der Waals surface area contributed by atoms with E-state index in [-0.39, 0.29) is 0 Å². The lowest BCUT2D eigenvalue weighted by Crippen LogP contribution is -2.06. The number of carbonyl (C=O) groups excluding carboxylic acids is 1. The van der Waals surface area contributed by atoms with Gasteiger partial charge in [0.2, 0.25) is 0 Å². The summed E-state index contributed by atoms with van der Waals surface area (Å²) in [4.78, 5) is 11.4. The number of aldehydes is 1. The van der Waals surface area contributed by atoms with Crippen molar-refractivity contribution in [3.63, 3.8) is 0 Å². The topological polar surface area (TPSA) is 47.8 Å². The molecule has 0 amide bonds. The van der Waals surface area contributed by atoms with Gasteiger partial charge in [0.05, 0.1) is 6.54 Å². The maximum Gasteiger partial charge on any atom is 0.170 e. The number of hydrogen-bond acceptors (Lipinski definition) is 3. The first kappa shape index (κ1) is 12.3. The predicted octanol–water partition coefficient (Wildman–Crippen LogP) is 2.81. The van der Waals surface area contributed by atoms with E-state index in [9.17, 15) is 4.79 Å². The predicted molar refractivity (Wildman–Crippen MR) is 76.4 cm³/mol. The third-order valence-electron chi connectivity index (χ3n) is 3.11. The summed E-state index contributed by atoms with van der Waals surface area (Å²) in [7, 11) is 0. The maximum atomic E-state index is 11.4. The van der Waals surface area contributed by atoms with Crippen LogP contribution in [-0.2, 0) is 6.54 Å². The van der Waals surface area contributed by atoms with Gasteiger partial charge in [0.15, 0.2) is 6.29 Å². The summed E-state index contributed by atoms with van der Waals surface area (Å²) in [6.45, 7) is 0.536. The van der Waals surface area contributed by atoms with E-state index in [2.05, 4.69) is 10.3 Å². The van der Waals surface area contributed by atoms with E-state index in [0.717, 1.165) is 17.4 Å². The van der Waals surface area contributed by atoms with Gasteiger partial charge in [0, 0.05) is 5.56 Å². The summed E-state index contributed by atoms with van der Waals surface area (Å²) in [5.74, 6) is 0. The molecule has 0 saturated carbocycles. The minimum Gasteiger partial charge on any atom is -0.296 e. The van der Waals surface area contributed by atoms with Crippen molar-refractivity contribution in [1.82, 2.24) is 15.0 Å². The standard InChI is InChI=1S/C16H13N3O/c20-12-15-16(14-9-5-2-6-10-14)17-18-19(15)11-13-7-3-1-4-8-13/h1-10,12H,11H2. The molecule has 0 spiro atoms. The molecule has 20 heavy (non-hydrogen) atoms. The molecular formula is C16H13N3O. The van der Waals surface area contributed by atoms with Crippen molar-refractivity contribution >= 4 is 6.29 Å². The summed E-state index contributed by atoms with van der Waals surface area (Å²) >= 11 is 0. The first-order valence-electron chi connectivity index (χ1n) is 6.36. The third-order valence-corrected chi connectivity index (χ3v) is 3.11. The first-order chi connectivity index (χ1) is 9.88. The SMILES string of the molecule is O=Cc1c(-c2ccccc2)nnn1Cc1ccccc1. The second-order valence-electron chi connectivity index (χ2n) is 4.45. The van der Waals surface area contributed by atoms with Crippen molar-refractivity contribution < 1.29 is 4.79 Å². The summed E-state index contributed by atoms with van der Waals surface area (Å²) in [5.41, 5.74) is 3.10. The molecule has 0 N–H and O–H groups in total. The number of carbonyl (C=O) groups is 1. The van der Waals surface area contributed by atoms with Crippen LogP contribution in [0.3, 0.4) is 0 Å². The van der Waals surface area contributed by atoms with E-state index >= 15 is 0 Å². The van der Waals surface area contributed by atoms with Crippen molar-refractivity contribution in [3.8, 4) is 11.3 Å². The van der Waals surface area contributed by atoms with Gasteiger partial charge in [-0.1, -0.05) is 65.9 Å². The molecule has 0 fully saturated rings. The number of aromatic nitrogens is 3. The smallest absolute Gasteiger partial charge is 0.170 e. The highest BCUT2D eigenvalue weighted by Gasteiger charge is 2.13. The fourth-order valence-corrected chi connectivity index (χ4v) is 2.11. The third kappa shape index (κ3) is 2.36. The Morgan fingerprint density at radius 1 is 0.950 bits per heavy atom. The highest BCUT2D eigenvalue weighted by molar-refractivity contribution is 5.83. The van der Waals surface area contributed by atoms with Crippen molar-refractivity contribution in [2.75, 3.05) is 0 Å². The van der Waals surface area contributed by atoms with E-state index < -0.39 is 0 Å². The molecule has 2 aromatic carbocycles. The van der Waals surface area contributed by atoms with Gasteiger partial charge in [0.25, 0.3) is 0 Å². The highest BCUT2D eigenvalue weighted by atomic mass is 16.1. The molecule has 1 aromatic heterocycles. The number of rotatable bonds is 4. The van der Waals surface area contributed by atoms with Crippen LogP contribution in [0, 0.1) is 0 Å². The zero-order valence-corrected chi connectivity index (χ0v) is 10.8. The second-order valence-corrected chi connectivity index (χ2v) is 4.45. The maximum absolute atomic E-state index is 11.4. The van der Waals surface area contributed by atoms with Crippen LogP contribution in [0.15, 0.2) is 60.7 Å². The molecule has 0 atom stereocenters. The van der Waals surface area contributed by atoms with E-state index in [1.165, 1.54) is 0 Å². The normalized spacial score (nSPS) is 10.4.